The number of amides is 2. The van der Waals surface area contributed by atoms with Crippen molar-refractivity contribution in [3.05, 3.63) is 64.9 Å². The molecule has 8 heteroatoms. The van der Waals surface area contributed by atoms with Gasteiger partial charge in [-0.15, -0.1) is 0 Å². The number of benzene rings is 2. The van der Waals surface area contributed by atoms with Crippen molar-refractivity contribution in [1.82, 2.24) is 14.8 Å². The van der Waals surface area contributed by atoms with E-state index in [1.54, 1.807) is 17.0 Å². The molecule has 2 N–H and O–H groups in total. The molecular formula is C25H26F2N4O2. The minimum atomic E-state index is -0.456. The Balaban J connectivity index is 1.32. The van der Waals surface area contributed by atoms with E-state index in [1.807, 2.05) is 14.0 Å². The van der Waals surface area contributed by atoms with Crippen LogP contribution < -0.4 is 5.32 Å². The second-order valence-electron chi connectivity index (χ2n) is 9.18. The number of carbonyl (C=O) groups is 2. The molecular weight excluding hydrogens is 426 g/mol. The van der Waals surface area contributed by atoms with Gasteiger partial charge in [-0.25, -0.2) is 8.78 Å². The van der Waals surface area contributed by atoms with Crippen LogP contribution in [0, 0.1) is 18.6 Å². The first-order valence-corrected chi connectivity index (χ1v) is 11.2. The quantitative estimate of drug-likeness (QED) is 0.628. The van der Waals surface area contributed by atoms with Crippen molar-refractivity contribution in [2.45, 2.75) is 31.7 Å². The van der Waals surface area contributed by atoms with E-state index in [4.69, 9.17) is 0 Å². The number of hydrogen-bond acceptors (Lipinski definition) is 3. The van der Waals surface area contributed by atoms with Gasteiger partial charge in [0, 0.05) is 43.7 Å². The summed E-state index contributed by atoms with van der Waals surface area (Å²) >= 11 is 0. The van der Waals surface area contributed by atoms with Gasteiger partial charge in [-0.1, -0.05) is 6.07 Å². The molecule has 0 spiro atoms. The van der Waals surface area contributed by atoms with E-state index in [0.29, 0.717) is 23.0 Å². The molecule has 0 radical (unpaired) electrons. The monoisotopic (exact) mass is 452 g/mol. The summed E-state index contributed by atoms with van der Waals surface area (Å²) in [4.78, 5) is 31.7. The molecule has 2 unspecified atom stereocenters. The van der Waals surface area contributed by atoms with Gasteiger partial charge < -0.3 is 15.2 Å². The third kappa shape index (κ3) is 4.11. The lowest BCUT2D eigenvalue weighted by atomic mass is 9.97. The Bertz CT molecular complexity index is 1220. The van der Waals surface area contributed by atoms with Gasteiger partial charge in [0.15, 0.2) is 0 Å². The molecule has 3 aromatic rings. The Labute approximate surface area is 190 Å². The van der Waals surface area contributed by atoms with E-state index in [9.17, 15) is 18.4 Å². The lowest BCUT2D eigenvalue weighted by Gasteiger charge is -2.23. The molecule has 2 aliphatic rings. The number of hydrogen-bond donors (Lipinski definition) is 2. The normalized spacial score (nSPS) is 21.3. The van der Waals surface area contributed by atoms with Crippen LogP contribution in [0.5, 0.6) is 0 Å². The summed E-state index contributed by atoms with van der Waals surface area (Å²) in [6, 6.07) is 9.30. The average Bonchev–Trinajstić information content (AvgIpc) is 3.50. The summed E-state index contributed by atoms with van der Waals surface area (Å²) in [5.41, 5.74) is 2.80. The fraction of sp³-hybridized carbons (Fsp3) is 0.360. The molecule has 0 bridgehead atoms. The summed E-state index contributed by atoms with van der Waals surface area (Å²) in [7, 11) is 1.82. The first-order valence-electron chi connectivity index (χ1n) is 11.2. The third-order valence-electron chi connectivity index (χ3n) is 6.90. The third-order valence-corrected chi connectivity index (χ3v) is 6.90. The number of nitrogens with one attached hydrogen (secondary N) is 2. The van der Waals surface area contributed by atoms with Crippen LogP contribution in [0.3, 0.4) is 0 Å². The van der Waals surface area contributed by atoms with E-state index in [2.05, 4.69) is 15.2 Å². The zero-order chi connectivity index (χ0) is 23.3. The highest BCUT2D eigenvalue weighted by Gasteiger charge is 2.35. The Hall–Kier alpha value is -3.26. The van der Waals surface area contributed by atoms with Crippen molar-refractivity contribution in [2.24, 2.45) is 0 Å². The fourth-order valence-corrected chi connectivity index (χ4v) is 5.04. The van der Waals surface area contributed by atoms with Crippen LogP contribution in [-0.2, 0) is 4.79 Å². The molecule has 2 saturated heterocycles. The number of fused-ring (bicyclic) bond motifs is 1. The maximum absolute atomic E-state index is 14.4. The lowest BCUT2D eigenvalue weighted by molar-refractivity contribution is -0.126. The molecule has 6 nitrogen and oxygen atoms in total. The predicted octanol–water partition coefficient (Wildman–Crippen LogP) is 4.03. The molecule has 2 aromatic carbocycles. The standard InChI is InChI=1S/C25H26F2N4O2/c1-14-3-4-21(27)20-11-22(29-24(14)20)25(33)28-18-8-16(7-17(26)9-18)15-5-6-31(12-15)19-10-23(32)30(2)13-19/h3-4,7-9,11,15,19,29H,5-6,10,12-13H2,1-2H3,(H,28,33). The molecule has 0 aliphatic carbocycles. The number of aromatic nitrogens is 1. The van der Waals surface area contributed by atoms with Gasteiger partial charge in [-0.05, 0) is 67.3 Å². The molecule has 2 aliphatic heterocycles. The molecule has 1 aromatic heterocycles. The number of halogens is 2. The van der Waals surface area contributed by atoms with Gasteiger partial charge in [-0.3, -0.25) is 14.5 Å². The van der Waals surface area contributed by atoms with Crippen LogP contribution >= 0.6 is 0 Å². The van der Waals surface area contributed by atoms with E-state index < -0.39 is 17.5 Å². The second-order valence-corrected chi connectivity index (χ2v) is 9.18. The van der Waals surface area contributed by atoms with Crippen molar-refractivity contribution < 1.29 is 18.4 Å². The van der Waals surface area contributed by atoms with Gasteiger partial charge in [0.25, 0.3) is 5.91 Å². The summed E-state index contributed by atoms with van der Waals surface area (Å²) in [5.74, 6) is -0.994. The topological polar surface area (TPSA) is 68.4 Å². The number of anilines is 1. The van der Waals surface area contributed by atoms with Crippen molar-refractivity contribution in [1.29, 1.82) is 0 Å². The number of likely N-dealkylation sites (tertiary alicyclic amines) is 2. The molecule has 2 fully saturated rings. The van der Waals surface area contributed by atoms with Crippen LogP contribution in [-0.4, -0.2) is 59.3 Å². The molecule has 2 amide bonds. The number of H-pyrrole nitrogens is 1. The maximum Gasteiger partial charge on any atom is 0.272 e. The summed E-state index contributed by atoms with van der Waals surface area (Å²) < 4.78 is 28.5. The lowest BCUT2D eigenvalue weighted by Crippen LogP contribution is -2.35. The van der Waals surface area contributed by atoms with Crippen LogP contribution in [0.4, 0.5) is 14.5 Å². The first-order chi connectivity index (χ1) is 15.8. The number of nitrogens with zero attached hydrogens (tertiary/aromatic N) is 2. The Morgan fingerprint density at radius 1 is 1.15 bits per heavy atom. The van der Waals surface area contributed by atoms with E-state index in [1.165, 1.54) is 24.3 Å². The highest BCUT2D eigenvalue weighted by molar-refractivity contribution is 6.06. The Kier molecular flexibility index (Phi) is 5.40. The fourth-order valence-electron chi connectivity index (χ4n) is 5.04. The van der Waals surface area contributed by atoms with Crippen molar-refractivity contribution in [2.75, 3.05) is 32.0 Å². The van der Waals surface area contributed by atoms with Crippen LogP contribution in [0.15, 0.2) is 36.4 Å². The Morgan fingerprint density at radius 3 is 2.70 bits per heavy atom. The summed E-state index contributed by atoms with van der Waals surface area (Å²) in [5, 5.41) is 3.09. The molecule has 0 saturated carbocycles. The smallest absolute Gasteiger partial charge is 0.272 e. The number of rotatable bonds is 4. The zero-order valence-electron chi connectivity index (χ0n) is 18.6. The molecule has 172 valence electrons. The van der Waals surface area contributed by atoms with Gasteiger partial charge in [0.1, 0.15) is 17.3 Å². The van der Waals surface area contributed by atoms with Crippen molar-refractivity contribution >= 4 is 28.4 Å². The number of aromatic amines is 1. The average molecular weight is 453 g/mol. The minimum Gasteiger partial charge on any atom is -0.350 e. The second kappa shape index (κ2) is 8.26. The van der Waals surface area contributed by atoms with Crippen molar-refractivity contribution in [3.8, 4) is 0 Å². The largest absolute Gasteiger partial charge is 0.350 e. The van der Waals surface area contributed by atoms with E-state index in [0.717, 1.165) is 37.2 Å². The number of aryl methyl sites for hydroxylation is 1. The summed E-state index contributed by atoms with van der Waals surface area (Å²) in [6.07, 6.45) is 1.39. The highest BCUT2D eigenvalue weighted by atomic mass is 19.1. The van der Waals surface area contributed by atoms with E-state index in [-0.39, 0.29) is 23.6 Å². The van der Waals surface area contributed by atoms with Gasteiger partial charge >= 0.3 is 0 Å². The molecule has 33 heavy (non-hydrogen) atoms. The molecule has 3 heterocycles. The first kappa shape index (κ1) is 21.6. The van der Waals surface area contributed by atoms with Crippen LogP contribution in [0.25, 0.3) is 10.9 Å². The van der Waals surface area contributed by atoms with Gasteiger partial charge in [-0.2, -0.15) is 0 Å². The van der Waals surface area contributed by atoms with Crippen LogP contribution in [0.2, 0.25) is 0 Å². The van der Waals surface area contributed by atoms with Gasteiger partial charge in [0.2, 0.25) is 5.91 Å². The number of likely N-dealkylation sites (N-methyl/N-ethyl adjacent to an activating group) is 1. The SMILES string of the molecule is Cc1ccc(F)c2cc(C(=O)Nc3cc(F)cc(C4CCN(C5CC(=O)N(C)C5)C4)c3)[nH]c12. The van der Waals surface area contributed by atoms with Crippen molar-refractivity contribution in [3.63, 3.8) is 0 Å². The zero-order valence-corrected chi connectivity index (χ0v) is 18.6. The molecule has 2 atom stereocenters. The van der Waals surface area contributed by atoms with Gasteiger partial charge in [0.05, 0.1) is 5.52 Å². The Morgan fingerprint density at radius 2 is 1.97 bits per heavy atom. The summed E-state index contributed by atoms with van der Waals surface area (Å²) in [6.45, 7) is 4.17. The number of carbonyl (C=O) groups excluding carboxylic acids is 2. The molecule has 5 rings (SSSR count). The highest BCUT2D eigenvalue weighted by Crippen LogP contribution is 2.32. The predicted molar refractivity (Wildman–Crippen MR) is 122 cm³/mol. The minimum absolute atomic E-state index is 0.127. The van der Waals surface area contributed by atoms with Crippen LogP contribution in [0.1, 0.15) is 40.4 Å². The maximum atomic E-state index is 14.4. The van der Waals surface area contributed by atoms with E-state index >= 15 is 0 Å².